The predicted octanol–water partition coefficient (Wildman–Crippen LogP) is 3.34. The molecule has 0 aromatic heterocycles. The number of aromatic carboxylic acids is 1. The van der Waals surface area contributed by atoms with Crippen LogP contribution in [0.25, 0.3) is 10.8 Å². The first kappa shape index (κ1) is 19.9. The number of rotatable bonds is 4. The lowest BCUT2D eigenvalue weighted by atomic mass is 9.97. The summed E-state index contributed by atoms with van der Waals surface area (Å²) in [7, 11) is 2.42. The number of anilines is 1. The Hall–Kier alpha value is -3.87. The first-order valence-electron chi connectivity index (χ1n) is 8.71. The van der Waals surface area contributed by atoms with Gasteiger partial charge >= 0.3 is 17.9 Å². The SMILES string of the molecule is COC(=O)C1=C(C(=O)OC)N(c2c(C)c(C(=O)O)cc3ccccc23)C=CC=C1. The number of hydrogen-bond donors (Lipinski definition) is 1. The van der Waals surface area contributed by atoms with Crippen LogP contribution in [0.3, 0.4) is 0 Å². The summed E-state index contributed by atoms with van der Waals surface area (Å²) < 4.78 is 9.75. The number of carboxylic acid groups (broad SMARTS) is 1. The standard InChI is InChI=1S/C22H19NO6/c1-13-17(20(24)25)12-14-8-4-5-9-15(14)18(13)23-11-7-6-10-16(21(26)28-2)19(23)22(27)29-3/h4-12H,1-3H3,(H,24,25). The Morgan fingerprint density at radius 1 is 1.00 bits per heavy atom. The number of carboxylic acids is 1. The molecule has 0 amide bonds. The lowest BCUT2D eigenvalue weighted by Crippen LogP contribution is -2.28. The molecular weight excluding hydrogens is 374 g/mol. The molecule has 1 aliphatic rings. The number of ether oxygens (including phenoxy) is 2. The molecule has 2 aromatic rings. The lowest BCUT2D eigenvalue weighted by molar-refractivity contribution is -0.139. The van der Waals surface area contributed by atoms with Crippen LogP contribution >= 0.6 is 0 Å². The van der Waals surface area contributed by atoms with Crippen LogP contribution in [0, 0.1) is 6.92 Å². The first-order chi connectivity index (χ1) is 13.9. The second kappa shape index (κ2) is 8.02. The lowest BCUT2D eigenvalue weighted by Gasteiger charge is -2.27. The van der Waals surface area contributed by atoms with E-state index in [-0.39, 0.29) is 16.8 Å². The van der Waals surface area contributed by atoms with Crippen LogP contribution in [-0.2, 0) is 19.1 Å². The third-order valence-electron chi connectivity index (χ3n) is 4.64. The van der Waals surface area contributed by atoms with Crippen molar-refractivity contribution in [1.29, 1.82) is 0 Å². The smallest absolute Gasteiger partial charge is 0.355 e. The topological polar surface area (TPSA) is 93.1 Å². The monoisotopic (exact) mass is 393 g/mol. The Bertz CT molecular complexity index is 1110. The van der Waals surface area contributed by atoms with Gasteiger partial charge in [0.2, 0.25) is 0 Å². The quantitative estimate of drug-likeness (QED) is 0.797. The van der Waals surface area contributed by atoms with Crippen molar-refractivity contribution >= 4 is 34.4 Å². The zero-order valence-electron chi connectivity index (χ0n) is 16.1. The van der Waals surface area contributed by atoms with Gasteiger partial charge in [-0.2, -0.15) is 0 Å². The van der Waals surface area contributed by atoms with Gasteiger partial charge in [0.15, 0.2) is 0 Å². The maximum absolute atomic E-state index is 12.7. The molecule has 0 saturated heterocycles. The van der Waals surface area contributed by atoms with E-state index in [0.29, 0.717) is 22.0 Å². The van der Waals surface area contributed by atoms with Gasteiger partial charge in [0.05, 0.1) is 31.0 Å². The summed E-state index contributed by atoms with van der Waals surface area (Å²) >= 11 is 0. The average molecular weight is 393 g/mol. The van der Waals surface area contributed by atoms with E-state index in [2.05, 4.69) is 0 Å². The predicted molar refractivity (Wildman–Crippen MR) is 107 cm³/mol. The number of carbonyl (C=O) groups is 3. The van der Waals surface area contributed by atoms with Gasteiger partial charge in [0.1, 0.15) is 5.70 Å². The maximum Gasteiger partial charge on any atom is 0.355 e. The van der Waals surface area contributed by atoms with Gasteiger partial charge < -0.3 is 19.5 Å². The largest absolute Gasteiger partial charge is 0.478 e. The minimum absolute atomic E-state index is 0.00596. The van der Waals surface area contributed by atoms with Crippen molar-refractivity contribution in [2.45, 2.75) is 6.92 Å². The Morgan fingerprint density at radius 3 is 2.34 bits per heavy atom. The van der Waals surface area contributed by atoms with E-state index in [4.69, 9.17) is 9.47 Å². The Balaban J connectivity index is 2.43. The molecule has 7 nitrogen and oxygen atoms in total. The molecule has 2 aromatic carbocycles. The van der Waals surface area contributed by atoms with Crippen LogP contribution in [0.4, 0.5) is 5.69 Å². The first-order valence-corrected chi connectivity index (χ1v) is 8.71. The van der Waals surface area contributed by atoms with E-state index in [1.54, 1.807) is 43.5 Å². The highest BCUT2D eigenvalue weighted by Gasteiger charge is 2.30. The molecule has 148 valence electrons. The van der Waals surface area contributed by atoms with Crippen LogP contribution in [-0.4, -0.2) is 37.2 Å². The van der Waals surface area contributed by atoms with Gasteiger partial charge in [0.25, 0.3) is 0 Å². The maximum atomic E-state index is 12.7. The van der Waals surface area contributed by atoms with Crippen LogP contribution in [0.2, 0.25) is 0 Å². The van der Waals surface area contributed by atoms with Crippen LogP contribution < -0.4 is 4.90 Å². The Labute approximate surface area is 167 Å². The van der Waals surface area contributed by atoms with Crippen molar-refractivity contribution in [2.75, 3.05) is 19.1 Å². The number of methoxy groups -OCH3 is 2. The number of nitrogens with zero attached hydrogens (tertiary/aromatic N) is 1. The number of carbonyl (C=O) groups excluding carboxylic acids is 2. The van der Waals surface area contributed by atoms with E-state index in [0.717, 1.165) is 0 Å². The van der Waals surface area contributed by atoms with Crippen LogP contribution in [0.5, 0.6) is 0 Å². The zero-order chi connectivity index (χ0) is 21.1. The molecule has 29 heavy (non-hydrogen) atoms. The van der Waals surface area contributed by atoms with E-state index in [1.165, 1.54) is 25.2 Å². The van der Waals surface area contributed by atoms with Crippen molar-refractivity contribution in [1.82, 2.24) is 0 Å². The highest BCUT2D eigenvalue weighted by atomic mass is 16.5. The molecule has 1 N–H and O–H groups in total. The number of benzene rings is 2. The highest BCUT2D eigenvalue weighted by Crippen LogP contribution is 2.37. The second-order valence-electron chi connectivity index (χ2n) is 6.24. The molecule has 1 heterocycles. The molecule has 0 fully saturated rings. The molecule has 7 heteroatoms. The molecule has 0 aliphatic carbocycles. The van der Waals surface area contributed by atoms with E-state index < -0.39 is 17.9 Å². The molecule has 0 atom stereocenters. The molecule has 0 spiro atoms. The summed E-state index contributed by atoms with van der Waals surface area (Å²) in [4.78, 5) is 38.4. The van der Waals surface area contributed by atoms with Gasteiger partial charge in [-0.15, -0.1) is 0 Å². The minimum atomic E-state index is -1.09. The van der Waals surface area contributed by atoms with Crippen molar-refractivity contribution in [3.63, 3.8) is 0 Å². The molecule has 0 saturated carbocycles. The van der Waals surface area contributed by atoms with E-state index >= 15 is 0 Å². The fourth-order valence-corrected chi connectivity index (χ4v) is 3.30. The summed E-state index contributed by atoms with van der Waals surface area (Å²) in [6, 6.07) is 8.80. The third kappa shape index (κ3) is 3.50. The Morgan fingerprint density at radius 2 is 1.69 bits per heavy atom. The second-order valence-corrected chi connectivity index (χ2v) is 6.24. The fraction of sp³-hybridized carbons (Fsp3) is 0.136. The summed E-state index contributed by atoms with van der Waals surface area (Å²) in [6.07, 6.45) is 6.26. The van der Waals surface area contributed by atoms with Gasteiger partial charge in [-0.1, -0.05) is 30.3 Å². The van der Waals surface area contributed by atoms with Crippen molar-refractivity contribution in [2.24, 2.45) is 0 Å². The van der Waals surface area contributed by atoms with E-state index in [1.807, 2.05) is 12.1 Å². The van der Waals surface area contributed by atoms with Crippen molar-refractivity contribution < 1.29 is 29.0 Å². The molecule has 0 unspecified atom stereocenters. The summed E-state index contributed by atoms with van der Waals surface area (Å²) in [5.41, 5.74) is 0.914. The normalized spacial score (nSPS) is 13.4. The highest BCUT2D eigenvalue weighted by molar-refractivity contribution is 6.10. The summed E-state index contributed by atoms with van der Waals surface area (Å²) in [5, 5.41) is 11.1. The van der Waals surface area contributed by atoms with E-state index in [9.17, 15) is 19.5 Å². The van der Waals surface area contributed by atoms with Gasteiger partial charge in [0, 0.05) is 11.6 Å². The summed E-state index contributed by atoms with van der Waals surface area (Å²) in [5.74, 6) is -2.57. The van der Waals surface area contributed by atoms with Crippen LogP contribution in [0.15, 0.2) is 66.0 Å². The molecule has 3 rings (SSSR count). The molecule has 0 radical (unpaired) electrons. The zero-order valence-corrected chi connectivity index (χ0v) is 16.1. The number of hydrogen-bond acceptors (Lipinski definition) is 6. The third-order valence-corrected chi connectivity index (χ3v) is 4.64. The number of esters is 2. The molecular formula is C22H19NO6. The van der Waals surface area contributed by atoms with Gasteiger partial charge in [-0.3, -0.25) is 0 Å². The Kier molecular flexibility index (Phi) is 5.50. The molecule has 0 bridgehead atoms. The van der Waals surface area contributed by atoms with Crippen molar-refractivity contribution in [3.05, 3.63) is 77.2 Å². The van der Waals surface area contributed by atoms with Crippen LogP contribution in [0.1, 0.15) is 15.9 Å². The van der Waals surface area contributed by atoms with Gasteiger partial charge in [-0.05, 0) is 36.1 Å². The summed E-state index contributed by atoms with van der Waals surface area (Å²) in [6.45, 7) is 1.66. The van der Waals surface area contributed by atoms with Gasteiger partial charge in [-0.25, -0.2) is 14.4 Å². The number of allylic oxidation sites excluding steroid dienone is 2. The minimum Gasteiger partial charge on any atom is -0.478 e. The molecule has 1 aliphatic heterocycles. The number of fused-ring (bicyclic) bond motifs is 1. The average Bonchev–Trinajstić information content (AvgIpc) is 2.94. The fourth-order valence-electron chi connectivity index (χ4n) is 3.30. The van der Waals surface area contributed by atoms with Crippen molar-refractivity contribution in [3.8, 4) is 0 Å².